The van der Waals surface area contributed by atoms with Crippen molar-refractivity contribution in [3.8, 4) is 0 Å². The van der Waals surface area contributed by atoms with E-state index in [1.54, 1.807) is 68.4 Å². The summed E-state index contributed by atoms with van der Waals surface area (Å²) in [5.74, 6) is 0. The van der Waals surface area contributed by atoms with E-state index in [0.29, 0.717) is 5.56 Å². The number of rotatable bonds is 12. The van der Waals surface area contributed by atoms with E-state index in [-0.39, 0.29) is 73.0 Å². The van der Waals surface area contributed by atoms with E-state index in [1.807, 2.05) is 6.92 Å². The average Bonchev–Trinajstić information content (AvgIpc) is 3.21. The second kappa shape index (κ2) is 20.5. The van der Waals surface area contributed by atoms with Crippen molar-refractivity contribution < 1.29 is 28.3 Å². The highest BCUT2D eigenvalue weighted by atomic mass is 35.5. The van der Waals surface area contributed by atoms with Crippen LogP contribution in [0.1, 0.15) is 71.5 Å². The Balaban J connectivity index is 0.000000231. The molecule has 0 amide bonds. The molecule has 6 aromatic carbocycles. The SMILES string of the molecule is CCCc1ccc(P(=O)(C(=O)c2c(Cl)cccc2Cl)C(=O)c2c(Cl)cccc2Cl)cc1.Cc1ccc(C)c(P(=O)(C(=O)c2c(Cl)cccc2Cl)C(=O)c2c(Cl)cccc2Cl)c1. The molecule has 6 nitrogen and oxygen atoms in total. The number of carbonyl (C=O) groups excluding carboxylic acids is 4. The van der Waals surface area contributed by atoms with Gasteiger partial charge in [0, 0.05) is 10.6 Å². The molecule has 0 saturated heterocycles. The second-order valence-corrected chi connectivity index (χ2v) is 21.8. The predicted molar refractivity (Wildman–Crippen MR) is 254 cm³/mol. The maximum atomic E-state index is 14.5. The van der Waals surface area contributed by atoms with Gasteiger partial charge in [-0.15, -0.1) is 0 Å². The number of hydrogen-bond acceptors (Lipinski definition) is 6. The lowest BCUT2D eigenvalue weighted by atomic mass is 10.1. The summed E-state index contributed by atoms with van der Waals surface area (Å²) >= 11 is 49.7. The molecule has 0 saturated carbocycles. The summed E-state index contributed by atoms with van der Waals surface area (Å²) in [5, 5.41) is 0.145. The Morgan fingerprint density at radius 2 is 0.754 bits per heavy atom. The lowest BCUT2D eigenvalue weighted by Crippen LogP contribution is -2.23. The lowest BCUT2D eigenvalue weighted by Gasteiger charge is -2.21. The Kier molecular flexibility index (Phi) is 16.4. The molecule has 0 radical (unpaired) electrons. The number of carbonyl (C=O) groups is 4. The van der Waals surface area contributed by atoms with Crippen LogP contribution in [0.2, 0.25) is 40.2 Å². The van der Waals surface area contributed by atoms with Gasteiger partial charge in [0.2, 0.25) is 36.4 Å². The van der Waals surface area contributed by atoms with Gasteiger partial charge in [0.25, 0.3) is 0 Å². The second-order valence-electron chi connectivity index (χ2n) is 13.5. The normalized spacial score (nSPS) is 11.4. The largest absolute Gasteiger partial charge is 0.302 e. The zero-order valence-corrected chi connectivity index (χ0v) is 40.1. The zero-order chi connectivity index (χ0) is 45.0. The van der Waals surface area contributed by atoms with Crippen molar-refractivity contribution in [1.82, 2.24) is 0 Å². The Bertz CT molecular complexity index is 2610. The molecule has 0 aliphatic carbocycles. The van der Waals surface area contributed by atoms with E-state index >= 15 is 0 Å². The monoisotopic (exact) mass is 1010 g/mol. The number of aryl methyl sites for hydroxylation is 3. The van der Waals surface area contributed by atoms with Crippen LogP contribution in [0.25, 0.3) is 0 Å². The van der Waals surface area contributed by atoms with Crippen molar-refractivity contribution >= 4 is 140 Å². The first-order valence-electron chi connectivity index (χ1n) is 18.1. The fourth-order valence-electron chi connectivity index (χ4n) is 6.30. The van der Waals surface area contributed by atoms with Crippen LogP contribution in [0, 0.1) is 13.8 Å². The van der Waals surface area contributed by atoms with E-state index < -0.39 is 36.4 Å². The van der Waals surface area contributed by atoms with Gasteiger partial charge in [0.05, 0.1) is 62.4 Å². The minimum Gasteiger partial charge on any atom is -0.302 e. The van der Waals surface area contributed by atoms with E-state index in [4.69, 9.17) is 92.8 Å². The Morgan fingerprint density at radius 1 is 0.443 bits per heavy atom. The average molecular weight is 1010 g/mol. The van der Waals surface area contributed by atoms with Gasteiger partial charge in [-0.3, -0.25) is 19.2 Å². The van der Waals surface area contributed by atoms with Crippen LogP contribution in [0.5, 0.6) is 0 Å². The molecule has 0 N–H and O–H groups in total. The fourth-order valence-corrected chi connectivity index (χ4v) is 14.1. The fraction of sp³-hybridized carbons (Fsp3) is 0.111. The Hall–Kier alpha value is -3.22. The third-order valence-electron chi connectivity index (χ3n) is 9.39. The summed E-state index contributed by atoms with van der Waals surface area (Å²) in [6.07, 6.45) is 1.72. The molecule has 0 aliphatic rings. The zero-order valence-electron chi connectivity index (χ0n) is 32.3. The highest BCUT2D eigenvalue weighted by Crippen LogP contribution is 2.56. The van der Waals surface area contributed by atoms with Gasteiger partial charge >= 0.3 is 0 Å². The summed E-state index contributed by atoms with van der Waals surface area (Å²) in [6.45, 7) is 5.47. The number of benzene rings is 6. The minimum atomic E-state index is -4.49. The van der Waals surface area contributed by atoms with Gasteiger partial charge < -0.3 is 9.13 Å². The summed E-state index contributed by atoms with van der Waals surface area (Å²) in [7, 11) is -8.95. The van der Waals surface area contributed by atoms with Crippen LogP contribution in [-0.2, 0) is 15.6 Å². The van der Waals surface area contributed by atoms with Crippen molar-refractivity contribution in [3.63, 3.8) is 0 Å². The van der Waals surface area contributed by atoms with Crippen molar-refractivity contribution in [2.75, 3.05) is 0 Å². The molecule has 6 aromatic rings. The number of hydrogen-bond donors (Lipinski definition) is 0. The molecule has 0 aromatic heterocycles. The van der Waals surface area contributed by atoms with E-state index in [2.05, 4.69) is 0 Å². The van der Waals surface area contributed by atoms with Crippen LogP contribution in [0.15, 0.2) is 115 Å². The van der Waals surface area contributed by atoms with Gasteiger partial charge in [0.15, 0.2) is 0 Å². The van der Waals surface area contributed by atoms with Crippen LogP contribution >= 0.6 is 107 Å². The molecule has 0 spiro atoms. The molecule has 61 heavy (non-hydrogen) atoms. The molecular weight excluding hydrogens is 982 g/mol. The maximum Gasteiger partial charge on any atom is 0.249 e. The third kappa shape index (κ3) is 9.96. The van der Waals surface area contributed by atoms with Crippen LogP contribution in [0.3, 0.4) is 0 Å². The first-order valence-corrected chi connectivity index (χ1v) is 24.6. The number of halogens is 8. The molecule has 0 heterocycles. The van der Waals surface area contributed by atoms with Gasteiger partial charge in [-0.1, -0.05) is 172 Å². The first kappa shape index (κ1) is 48.8. The van der Waals surface area contributed by atoms with Gasteiger partial charge in [-0.2, -0.15) is 0 Å². The third-order valence-corrected chi connectivity index (χ3v) is 17.3. The van der Waals surface area contributed by atoms with Crippen LogP contribution in [-0.4, -0.2) is 22.1 Å². The summed E-state index contributed by atoms with van der Waals surface area (Å²) in [5.41, 5.74) is -2.34. The summed E-state index contributed by atoms with van der Waals surface area (Å²) < 4.78 is 28.8. The summed E-state index contributed by atoms with van der Waals surface area (Å²) in [6, 6.07) is 29.4. The Morgan fingerprint density at radius 3 is 1.07 bits per heavy atom. The lowest BCUT2D eigenvalue weighted by molar-refractivity contribution is 0.102. The maximum absolute atomic E-state index is 14.5. The highest BCUT2D eigenvalue weighted by Gasteiger charge is 2.47. The topological polar surface area (TPSA) is 102 Å². The molecule has 16 heteroatoms. The standard InChI is InChI=1S/C23H17Cl4O3P.C22H15Cl4O3P/c1-2-5-14-10-12-15(13-11-14)31(30,22(28)20-16(24)6-3-7-17(20)25)23(29)21-18(26)8-4-9-19(21)27;1-12-9-10-13(2)18(11-12)30(29,21(27)19-14(23)5-3-6-15(19)24)22(28)20-16(25)7-4-8-17(20)26/h3-4,6-13H,2,5H2,1H3;3-11H,1-2H3. The van der Waals surface area contributed by atoms with Crippen molar-refractivity contribution in [2.45, 2.75) is 33.6 Å². The molecule has 0 atom stereocenters. The van der Waals surface area contributed by atoms with Crippen LogP contribution < -0.4 is 10.6 Å². The van der Waals surface area contributed by atoms with E-state index in [1.165, 1.54) is 60.7 Å². The van der Waals surface area contributed by atoms with Gasteiger partial charge in [-0.05, 0) is 86.0 Å². The van der Waals surface area contributed by atoms with Crippen LogP contribution in [0.4, 0.5) is 0 Å². The minimum absolute atomic E-state index is 0.00150. The molecule has 0 bridgehead atoms. The molecule has 314 valence electrons. The molecular formula is C45H32Cl8O6P2. The van der Waals surface area contributed by atoms with E-state index in [9.17, 15) is 28.3 Å². The van der Waals surface area contributed by atoms with Crippen molar-refractivity contribution in [1.29, 1.82) is 0 Å². The quantitative estimate of drug-likeness (QED) is 0.113. The van der Waals surface area contributed by atoms with Gasteiger partial charge in [0.1, 0.15) is 0 Å². The first-order chi connectivity index (χ1) is 28.8. The smallest absolute Gasteiger partial charge is 0.249 e. The summed E-state index contributed by atoms with van der Waals surface area (Å²) in [4.78, 5) is 54.6. The van der Waals surface area contributed by atoms with Crippen molar-refractivity contribution in [3.05, 3.63) is 194 Å². The Labute approximate surface area is 393 Å². The van der Waals surface area contributed by atoms with E-state index in [0.717, 1.165) is 24.0 Å². The van der Waals surface area contributed by atoms with Crippen molar-refractivity contribution in [2.24, 2.45) is 0 Å². The molecule has 6 rings (SSSR count). The predicted octanol–water partition coefficient (Wildman–Crippen LogP) is 15.5. The van der Waals surface area contributed by atoms with Gasteiger partial charge in [-0.25, -0.2) is 0 Å². The highest BCUT2D eigenvalue weighted by molar-refractivity contribution is 8.01. The molecule has 0 fully saturated rings. The molecule has 0 unspecified atom stereocenters. The molecule has 0 aliphatic heterocycles.